The molecule has 1 aliphatic heterocycles. The van der Waals surface area contributed by atoms with Gasteiger partial charge in [-0.1, -0.05) is 123 Å². The molecule has 0 aromatic rings. The summed E-state index contributed by atoms with van der Waals surface area (Å²) in [5.74, 6) is -0.0963. The van der Waals surface area contributed by atoms with Crippen LogP contribution in [0.3, 0.4) is 0 Å². The molecule has 0 aliphatic carbocycles. The molecule has 220 valence electrons. The molecule has 37 heavy (non-hydrogen) atoms. The van der Waals surface area contributed by atoms with Gasteiger partial charge in [0.15, 0.2) is 6.23 Å². The van der Waals surface area contributed by atoms with Gasteiger partial charge in [0.25, 0.3) is 0 Å². The Morgan fingerprint density at radius 2 is 1.05 bits per heavy atom. The Morgan fingerprint density at radius 1 is 0.622 bits per heavy atom. The molecule has 1 rings (SSSR count). The third-order valence-corrected chi connectivity index (χ3v) is 7.74. The highest BCUT2D eigenvalue weighted by Gasteiger charge is 2.46. The quantitative estimate of drug-likeness (QED) is 0.131. The molecule has 5 atom stereocenters. The molecule has 7 heteroatoms. The first-order valence-electron chi connectivity index (χ1n) is 15.6. The van der Waals surface area contributed by atoms with E-state index in [1.165, 1.54) is 88.4 Å². The molecule has 1 fully saturated rings. The summed E-state index contributed by atoms with van der Waals surface area (Å²) < 4.78 is 5.72. The highest BCUT2D eigenvalue weighted by atomic mass is 16.6. The predicted molar refractivity (Wildman–Crippen MR) is 149 cm³/mol. The van der Waals surface area contributed by atoms with E-state index < -0.39 is 37.3 Å². The van der Waals surface area contributed by atoms with Crippen LogP contribution in [0.4, 0.5) is 0 Å². The van der Waals surface area contributed by atoms with Crippen molar-refractivity contribution in [2.75, 3.05) is 13.2 Å². The second-order valence-corrected chi connectivity index (χ2v) is 11.1. The van der Waals surface area contributed by atoms with Gasteiger partial charge >= 0.3 is 0 Å². The second kappa shape index (κ2) is 22.1. The zero-order valence-electron chi connectivity index (χ0n) is 24.0. The highest BCUT2D eigenvalue weighted by Crippen LogP contribution is 2.25. The Morgan fingerprint density at radius 3 is 1.51 bits per heavy atom. The smallest absolute Gasteiger partial charge is 0.224 e. The lowest BCUT2D eigenvalue weighted by molar-refractivity contribution is -0.262. The average Bonchev–Trinajstić information content (AvgIpc) is 2.90. The lowest BCUT2D eigenvalue weighted by Crippen LogP contribution is -2.64. The maximum Gasteiger partial charge on any atom is 0.224 e. The monoisotopic (exact) mass is 529 g/mol. The number of carbonyl (C=O) groups excluding carboxylic acids is 1. The van der Waals surface area contributed by atoms with Gasteiger partial charge in [-0.15, -0.1) is 0 Å². The molecule has 0 spiro atoms. The van der Waals surface area contributed by atoms with Gasteiger partial charge in [0.1, 0.15) is 24.4 Å². The van der Waals surface area contributed by atoms with Crippen molar-refractivity contribution in [1.29, 1.82) is 0 Å². The summed E-state index contributed by atoms with van der Waals surface area (Å²) in [7, 11) is 0. The largest absolute Gasteiger partial charge is 0.394 e. The third kappa shape index (κ3) is 14.3. The zero-order chi connectivity index (χ0) is 27.3. The number of hydrogen-bond donors (Lipinski definition) is 4. The van der Waals surface area contributed by atoms with Crippen LogP contribution in [0.15, 0.2) is 0 Å². The lowest BCUT2D eigenvalue weighted by atomic mass is 9.97. The van der Waals surface area contributed by atoms with Crippen LogP contribution < -0.4 is 0 Å². The molecular formula is C30H59NO6. The standard InChI is InChI=1S/C30H59NO6/c1-3-5-7-9-11-12-13-14-15-16-17-18-20-22-26(33)31(23-21-19-10-8-6-4-2)30-29(36)28(35)27(34)25(24-32)37-30/h25,27-30,32,34-36H,3-24H2,1-2H3/t25-,27-,28+,29-,30-/m1/s1. The molecular weight excluding hydrogens is 470 g/mol. The SMILES string of the molecule is CCCCCCCCCCCCCCCC(=O)N(CCCCCCCC)[C@@H]1O[C@H](CO)[C@@H](O)[C@H](O)[C@H]1O. The van der Waals surface area contributed by atoms with E-state index in [1.54, 1.807) is 0 Å². The Kier molecular flexibility index (Phi) is 20.5. The maximum absolute atomic E-state index is 13.2. The number of ether oxygens (including phenoxy) is 1. The molecule has 0 aromatic carbocycles. The Hall–Kier alpha value is -0.730. The number of carbonyl (C=O) groups is 1. The minimum atomic E-state index is -1.47. The topological polar surface area (TPSA) is 110 Å². The summed E-state index contributed by atoms with van der Waals surface area (Å²) >= 11 is 0. The molecule has 0 unspecified atom stereocenters. The van der Waals surface area contributed by atoms with Gasteiger partial charge in [-0.3, -0.25) is 4.79 Å². The van der Waals surface area contributed by atoms with E-state index in [0.717, 1.165) is 38.5 Å². The van der Waals surface area contributed by atoms with Crippen LogP contribution in [0.5, 0.6) is 0 Å². The summed E-state index contributed by atoms with van der Waals surface area (Å²) in [5.41, 5.74) is 0. The molecule has 1 heterocycles. The molecule has 1 aliphatic rings. The summed E-state index contributed by atoms with van der Waals surface area (Å²) in [6, 6.07) is 0. The first-order valence-corrected chi connectivity index (χ1v) is 15.6. The maximum atomic E-state index is 13.2. The van der Waals surface area contributed by atoms with E-state index in [2.05, 4.69) is 13.8 Å². The van der Waals surface area contributed by atoms with Gasteiger partial charge in [0.05, 0.1) is 6.61 Å². The predicted octanol–water partition coefficient (Wildman–Crippen LogP) is 5.46. The summed E-state index contributed by atoms with van der Waals surface area (Å²) in [4.78, 5) is 14.7. The highest BCUT2D eigenvalue weighted by molar-refractivity contribution is 5.76. The number of amides is 1. The summed E-state index contributed by atoms with van der Waals surface area (Å²) in [6.45, 7) is 4.38. The number of rotatable bonds is 23. The van der Waals surface area contributed by atoms with E-state index in [9.17, 15) is 25.2 Å². The number of nitrogens with zero attached hydrogens (tertiary/aromatic N) is 1. The molecule has 1 saturated heterocycles. The fourth-order valence-electron chi connectivity index (χ4n) is 5.23. The van der Waals surface area contributed by atoms with Crippen molar-refractivity contribution in [2.45, 2.75) is 173 Å². The normalized spacial score (nSPS) is 23.9. The summed E-state index contributed by atoms with van der Waals surface area (Å²) in [5, 5.41) is 40.5. The molecule has 4 N–H and O–H groups in total. The van der Waals surface area contributed by atoms with Crippen molar-refractivity contribution in [3.63, 3.8) is 0 Å². The summed E-state index contributed by atoms with van der Waals surface area (Å²) in [6.07, 6.45) is 16.6. The van der Waals surface area contributed by atoms with Crippen LogP contribution in [-0.4, -0.2) is 75.0 Å². The van der Waals surface area contributed by atoms with Gasteiger partial charge in [-0.25, -0.2) is 0 Å². The van der Waals surface area contributed by atoms with Crippen LogP contribution in [-0.2, 0) is 9.53 Å². The minimum absolute atomic E-state index is 0.0963. The minimum Gasteiger partial charge on any atom is -0.394 e. The number of aliphatic hydroxyl groups excluding tert-OH is 4. The number of aliphatic hydroxyl groups is 4. The van der Waals surface area contributed by atoms with Crippen molar-refractivity contribution in [3.05, 3.63) is 0 Å². The average molecular weight is 530 g/mol. The van der Waals surface area contributed by atoms with Gasteiger partial charge in [-0.05, 0) is 12.8 Å². The number of unbranched alkanes of at least 4 members (excludes halogenated alkanes) is 17. The van der Waals surface area contributed by atoms with E-state index in [4.69, 9.17) is 4.74 Å². The Bertz CT molecular complexity index is 546. The fraction of sp³-hybridized carbons (Fsp3) is 0.967. The van der Waals surface area contributed by atoms with Gasteiger partial charge in [0, 0.05) is 13.0 Å². The van der Waals surface area contributed by atoms with E-state index in [0.29, 0.717) is 13.0 Å². The van der Waals surface area contributed by atoms with Crippen LogP contribution in [0.25, 0.3) is 0 Å². The van der Waals surface area contributed by atoms with Crippen LogP contribution in [0.2, 0.25) is 0 Å². The van der Waals surface area contributed by atoms with E-state index in [-0.39, 0.29) is 5.91 Å². The van der Waals surface area contributed by atoms with Crippen LogP contribution in [0.1, 0.15) is 142 Å². The molecule has 7 nitrogen and oxygen atoms in total. The van der Waals surface area contributed by atoms with E-state index in [1.807, 2.05) is 0 Å². The number of hydrogen-bond acceptors (Lipinski definition) is 6. The third-order valence-electron chi connectivity index (χ3n) is 7.74. The van der Waals surface area contributed by atoms with Gasteiger partial charge in [-0.2, -0.15) is 0 Å². The van der Waals surface area contributed by atoms with Crippen molar-refractivity contribution in [3.8, 4) is 0 Å². The molecule has 0 radical (unpaired) electrons. The Balaban J connectivity index is 2.39. The van der Waals surface area contributed by atoms with Gasteiger partial charge in [0.2, 0.25) is 5.91 Å². The molecule has 1 amide bonds. The van der Waals surface area contributed by atoms with Crippen molar-refractivity contribution >= 4 is 5.91 Å². The second-order valence-electron chi connectivity index (χ2n) is 11.1. The lowest BCUT2D eigenvalue weighted by Gasteiger charge is -2.44. The van der Waals surface area contributed by atoms with Crippen molar-refractivity contribution < 1.29 is 30.0 Å². The zero-order valence-corrected chi connectivity index (χ0v) is 24.0. The molecule has 0 aromatic heterocycles. The fourth-order valence-corrected chi connectivity index (χ4v) is 5.23. The Labute approximate surface area is 227 Å². The van der Waals surface area contributed by atoms with E-state index >= 15 is 0 Å². The van der Waals surface area contributed by atoms with Crippen molar-refractivity contribution in [2.24, 2.45) is 0 Å². The first kappa shape index (κ1) is 34.3. The van der Waals surface area contributed by atoms with Gasteiger partial charge < -0.3 is 30.1 Å². The molecule has 0 bridgehead atoms. The van der Waals surface area contributed by atoms with Crippen LogP contribution in [0, 0.1) is 0 Å². The first-order chi connectivity index (χ1) is 18.0. The van der Waals surface area contributed by atoms with Crippen molar-refractivity contribution in [1.82, 2.24) is 4.90 Å². The van der Waals surface area contributed by atoms with Crippen LogP contribution >= 0.6 is 0 Å². The molecule has 0 saturated carbocycles.